The molecular weight excluding hydrogens is 586 g/mol. The average molecular weight is 615 g/mol. The van der Waals surface area contributed by atoms with Crippen LogP contribution >= 0.6 is 0 Å². The van der Waals surface area contributed by atoms with E-state index >= 15 is 0 Å². The van der Waals surface area contributed by atoms with Gasteiger partial charge in [-0.2, -0.15) is 26.7 Å². The average Bonchev–Trinajstić information content (AvgIpc) is 3.36. The third-order valence-corrected chi connectivity index (χ3v) is 7.62. The molecule has 1 amide bonds. The monoisotopic (exact) mass is 615 g/mol. The lowest BCUT2D eigenvalue weighted by Crippen LogP contribution is -2.48. The Labute approximate surface area is 247 Å². The third kappa shape index (κ3) is 8.24. The van der Waals surface area contributed by atoms with Gasteiger partial charge in [0.15, 0.2) is 0 Å². The van der Waals surface area contributed by atoms with Crippen LogP contribution in [-0.2, 0) is 27.6 Å². The molecule has 9 nitrogen and oxygen atoms in total. The minimum atomic E-state index is -4.72. The summed E-state index contributed by atoms with van der Waals surface area (Å²) in [5, 5.41) is 26.6. The zero-order valence-corrected chi connectivity index (χ0v) is 24.0. The molecule has 14 heteroatoms. The number of aromatic nitrogens is 2. The number of hydrogen-bond donors (Lipinski definition) is 3. The van der Waals surface area contributed by atoms with Crippen LogP contribution in [-0.4, -0.2) is 47.2 Å². The fourth-order valence-electron chi connectivity index (χ4n) is 4.36. The van der Waals surface area contributed by atoms with E-state index in [9.17, 15) is 36.4 Å². The van der Waals surface area contributed by atoms with Gasteiger partial charge in [0.25, 0.3) is 0 Å². The van der Waals surface area contributed by atoms with Crippen molar-refractivity contribution in [2.45, 2.75) is 43.8 Å². The fourth-order valence-corrected chi connectivity index (χ4v) is 5.33. The Bertz CT molecular complexity index is 1660. The highest BCUT2D eigenvalue weighted by Gasteiger charge is 2.32. The molecule has 0 spiro atoms. The summed E-state index contributed by atoms with van der Waals surface area (Å²) < 4.78 is 71.0. The van der Waals surface area contributed by atoms with Gasteiger partial charge in [-0.05, 0) is 66.4 Å². The topological polar surface area (TPSA) is 131 Å². The van der Waals surface area contributed by atoms with Crippen LogP contribution in [0.4, 0.5) is 13.2 Å². The van der Waals surface area contributed by atoms with E-state index in [4.69, 9.17) is 4.18 Å². The molecule has 4 rings (SSSR count). The molecule has 0 aliphatic heterocycles. The van der Waals surface area contributed by atoms with Crippen molar-refractivity contribution in [2.75, 3.05) is 0 Å². The molecule has 1 aromatic heterocycles. The molecule has 0 radical (unpaired) electrons. The van der Waals surface area contributed by atoms with Gasteiger partial charge in [-0.15, -0.1) is 0 Å². The van der Waals surface area contributed by atoms with Crippen LogP contribution in [0.5, 0.6) is 5.75 Å². The third-order valence-electron chi connectivity index (χ3n) is 6.38. The van der Waals surface area contributed by atoms with Crippen molar-refractivity contribution in [3.05, 3.63) is 90.5 Å². The second kappa shape index (κ2) is 13.0. The maximum atomic E-state index is 13.0. The first-order valence-corrected chi connectivity index (χ1v) is 14.6. The minimum absolute atomic E-state index is 0.107. The van der Waals surface area contributed by atoms with Crippen molar-refractivity contribution < 1.29 is 40.6 Å². The van der Waals surface area contributed by atoms with E-state index in [0.29, 0.717) is 29.4 Å². The Morgan fingerprint density at radius 3 is 2.26 bits per heavy atom. The Hall–Kier alpha value is -4.14. The van der Waals surface area contributed by atoms with Crippen molar-refractivity contribution in [3.63, 3.8) is 0 Å². The minimum Gasteiger partial charge on any atom is -0.426 e. The lowest BCUT2D eigenvalue weighted by atomic mass is 9.75. The first-order chi connectivity index (χ1) is 20.2. The lowest BCUT2D eigenvalue weighted by molar-refractivity contribution is -0.137. The molecular formula is C29H29BF3N3O6S. The van der Waals surface area contributed by atoms with Crippen LogP contribution in [0.3, 0.4) is 0 Å². The standard InChI is InChI=1S/C29H29BF3N3O6S/c1-19(2)15-27(30(38)39)34-28(37)18-36-26(21-7-4-3-5-8-21)17-25(35-36)20-11-13-23(14-12-20)42-43(40,41)24-10-6-9-22(16-24)29(31,32)33/h3-14,16-17,19,27,38-39H,15,18H2,1-2H3,(H,34,37). The SMILES string of the molecule is CC(C)CC(NC(=O)Cn1nc(-c2ccc(OS(=O)(=O)c3cccc(C(F)(F)F)c3)cc2)cc1-c1ccccc1)B(O)O. The van der Waals surface area contributed by atoms with Gasteiger partial charge < -0.3 is 19.5 Å². The molecule has 1 unspecified atom stereocenters. The normalized spacial score (nSPS) is 12.7. The first-order valence-electron chi connectivity index (χ1n) is 13.2. The smallest absolute Gasteiger partial charge is 0.426 e. The molecule has 3 N–H and O–H groups in total. The van der Waals surface area contributed by atoms with Gasteiger partial charge in [0.2, 0.25) is 5.91 Å². The number of benzene rings is 3. The summed E-state index contributed by atoms with van der Waals surface area (Å²) in [6, 6.07) is 19.9. The van der Waals surface area contributed by atoms with Crippen LogP contribution in [0.1, 0.15) is 25.8 Å². The number of carbonyl (C=O) groups excluding carboxylic acids is 1. The van der Waals surface area contributed by atoms with Gasteiger partial charge in [0, 0.05) is 5.56 Å². The molecule has 226 valence electrons. The summed E-state index contributed by atoms with van der Waals surface area (Å²) in [6.07, 6.45) is -4.36. The van der Waals surface area contributed by atoms with Crippen molar-refractivity contribution in [1.29, 1.82) is 0 Å². The Kier molecular flexibility index (Phi) is 9.63. The van der Waals surface area contributed by atoms with Gasteiger partial charge in [0.1, 0.15) is 17.2 Å². The molecule has 0 saturated heterocycles. The van der Waals surface area contributed by atoms with Crippen molar-refractivity contribution in [1.82, 2.24) is 15.1 Å². The largest absolute Gasteiger partial charge is 0.475 e. The maximum absolute atomic E-state index is 13.0. The zero-order valence-electron chi connectivity index (χ0n) is 23.2. The number of nitrogens with one attached hydrogen (secondary N) is 1. The molecule has 3 aromatic carbocycles. The lowest BCUT2D eigenvalue weighted by Gasteiger charge is -2.20. The van der Waals surface area contributed by atoms with Crippen LogP contribution in [0.2, 0.25) is 0 Å². The number of hydrogen-bond acceptors (Lipinski definition) is 7. The van der Waals surface area contributed by atoms with Crippen LogP contribution in [0, 0.1) is 5.92 Å². The predicted molar refractivity (Wildman–Crippen MR) is 154 cm³/mol. The number of amides is 1. The first kappa shape index (κ1) is 31.8. The summed E-state index contributed by atoms with van der Waals surface area (Å²) in [5.74, 6) is -1.35. The molecule has 0 saturated carbocycles. The maximum Gasteiger partial charge on any atom is 0.475 e. The fraction of sp³-hybridized carbons (Fsp3) is 0.241. The Morgan fingerprint density at radius 1 is 0.977 bits per heavy atom. The van der Waals surface area contributed by atoms with Crippen LogP contribution in [0.15, 0.2) is 89.8 Å². The molecule has 0 aliphatic carbocycles. The number of halogens is 3. The quantitative estimate of drug-likeness (QED) is 0.167. The van der Waals surface area contributed by atoms with E-state index in [2.05, 4.69) is 10.4 Å². The highest BCUT2D eigenvalue weighted by molar-refractivity contribution is 7.87. The predicted octanol–water partition coefficient (Wildman–Crippen LogP) is 4.55. The van der Waals surface area contributed by atoms with E-state index in [1.807, 2.05) is 44.2 Å². The number of carbonyl (C=O) groups is 1. The van der Waals surface area contributed by atoms with Gasteiger partial charge >= 0.3 is 23.4 Å². The highest BCUT2D eigenvalue weighted by Crippen LogP contribution is 2.32. The molecule has 1 heterocycles. The van der Waals surface area contributed by atoms with Crippen LogP contribution in [0.25, 0.3) is 22.5 Å². The number of nitrogens with zero attached hydrogens (tertiary/aromatic N) is 2. The summed E-state index contributed by atoms with van der Waals surface area (Å²) in [5.41, 5.74) is 1.24. The Balaban J connectivity index is 1.57. The number of alkyl halides is 3. The number of rotatable bonds is 11. The zero-order chi connectivity index (χ0) is 31.4. The van der Waals surface area contributed by atoms with Gasteiger partial charge in [0.05, 0.1) is 22.9 Å². The summed E-state index contributed by atoms with van der Waals surface area (Å²) >= 11 is 0. The van der Waals surface area contributed by atoms with E-state index in [1.165, 1.54) is 28.9 Å². The second-order valence-corrected chi connectivity index (χ2v) is 11.8. The van der Waals surface area contributed by atoms with Crippen molar-refractivity contribution in [3.8, 4) is 28.3 Å². The highest BCUT2D eigenvalue weighted by atomic mass is 32.2. The van der Waals surface area contributed by atoms with E-state index < -0.39 is 45.7 Å². The molecule has 4 aromatic rings. The van der Waals surface area contributed by atoms with E-state index in [-0.39, 0.29) is 18.2 Å². The summed E-state index contributed by atoms with van der Waals surface area (Å²) in [7, 11) is -6.28. The molecule has 43 heavy (non-hydrogen) atoms. The second-order valence-electron chi connectivity index (χ2n) is 10.2. The van der Waals surface area contributed by atoms with E-state index in [0.717, 1.165) is 23.8 Å². The van der Waals surface area contributed by atoms with E-state index in [1.54, 1.807) is 6.07 Å². The van der Waals surface area contributed by atoms with Crippen molar-refractivity contribution in [2.24, 2.45) is 5.92 Å². The van der Waals surface area contributed by atoms with Crippen LogP contribution < -0.4 is 9.50 Å². The molecule has 1 atom stereocenters. The van der Waals surface area contributed by atoms with Gasteiger partial charge in [-0.25, -0.2) is 0 Å². The summed E-state index contributed by atoms with van der Waals surface area (Å²) in [4.78, 5) is 12.2. The van der Waals surface area contributed by atoms with Crippen molar-refractivity contribution >= 4 is 23.1 Å². The van der Waals surface area contributed by atoms with Gasteiger partial charge in [-0.3, -0.25) is 9.48 Å². The molecule has 0 fully saturated rings. The summed E-state index contributed by atoms with van der Waals surface area (Å²) in [6.45, 7) is 3.57. The molecule has 0 aliphatic rings. The molecule has 0 bridgehead atoms. The Morgan fingerprint density at radius 2 is 1.65 bits per heavy atom. The van der Waals surface area contributed by atoms with Gasteiger partial charge in [-0.1, -0.05) is 50.2 Å².